The average Bonchev–Trinajstić information content (AvgIpc) is 3.59. The first-order valence-corrected chi connectivity index (χ1v) is 20.5. The second-order valence-electron chi connectivity index (χ2n) is 14.8. The van der Waals surface area contributed by atoms with Gasteiger partial charge < -0.3 is 14.4 Å². The van der Waals surface area contributed by atoms with Crippen LogP contribution < -0.4 is 0 Å². The van der Waals surface area contributed by atoms with E-state index >= 15 is 0 Å². The third-order valence-electron chi connectivity index (χ3n) is 10.6. The van der Waals surface area contributed by atoms with Crippen molar-refractivity contribution in [3.05, 3.63) is 29.3 Å². The fourth-order valence-corrected chi connectivity index (χ4v) is 7.70. The molecule has 0 bridgehead atoms. The number of likely N-dealkylation sites (tertiary alicyclic amines) is 1. The first-order valence-electron chi connectivity index (χ1n) is 20.5. The molecule has 5 heteroatoms. The Kier molecular flexibility index (Phi) is 25.3. The van der Waals surface area contributed by atoms with Crippen LogP contribution in [0.5, 0.6) is 0 Å². The van der Waals surface area contributed by atoms with Crippen LogP contribution in [-0.4, -0.2) is 49.7 Å². The quantitative estimate of drug-likeness (QED) is 0.132. The third kappa shape index (κ3) is 20.5. The van der Waals surface area contributed by atoms with Crippen LogP contribution in [0.2, 0.25) is 0 Å². The Hall–Kier alpha value is -2.02. The zero-order valence-electron chi connectivity index (χ0n) is 31.4. The second-order valence-corrected chi connectivity index (χ2v) is 14.8. The lowest BCUT2D eigenvalue weighted by molar-refractivity contribution is -0.145. The SMILES string of the molecule is C=C=C=C=C1C(CCCCC)CC(=O)OCCCCCCCCC(CN2CCCC2)CCCCCCCCOC(=O)CC1CCCCC. The third-order valence-corrected chi connectivity index (χ3v) is 10.6. The summed E-state index contributed by atoms with van der Waals surface area (Å²) in [6.07, 6.45) is 28.8. The number of allylic oxidation sites excluding steroid dienone is 1. The van der Waals surface area contributed by atoms with Crippen LogP contribution in [0, 0.1) is 17.8 Å². The maximum absolute atomic E-state index is 13.2. The van der Waals surface area contributed by atoms with E-state index < -0.39 is 0 Å². The van der Waals surface area contributed by atoms with Crippen LogP contribution in [0.1, 0.15) is 181 Å². The Bertz CT molecular complexity index is 913. The van der Waals surface area contributed by atoms with Crippen LogP contribution >= 0.6 is 0 Å². The molecule has 5 nitrogen and oxygen atoms in total. The molecule has 0 radical (unpaired) electrons. The summed E-state index contributed by atoms with van der Waals surface area (Å²) in [6, 6.07) is 0. The molecule has 0 saturated carbocycles. The van der Waals surface area contributed by atoms with E-state index in [2.05, 4.69) is 42.5 Å². The summed E-state index contributed by atoms with van der Waals surface area (Å²) in [5.41, 5.74) is 10.0. The molecular weight excluding hydrogens is 594 g/mol. The smallest absolute Gasteiger partial charge is 0.306 e. The van der Waals surface area contributed by atoms with E-state index in [0.29, 0.717) is 26.1 Å². The molecule has 0 aliphatic carbocycles. The molecule has 274 valence electrons. The van der Waals surface area contributed by atoms with Crippen molar-refractivity contribution in [1.82, 2.24) is 4.90 Å². The molecule has 2 aliphatic rings. The van der Waals surface area contributed by atoms with Gasteiger partial charge in [-0.1, -0.05) is 128 Å². The first-order chi connectivity index (χ1) is 23.6. The van der Waals surface area contributed by atoms with Gasteiger partial charge in [0, 0.05) is 6.54 Å². The summed E-state index contributed by atoms with van der Waals surface area (Å²) < 4.78 is 11.6. The van der Waals surface area contributed by atoms with Crippen LogP contribution in [-0.2, 0) is 19.1 Å². The zero-order chi connectivity index (χ0) is 34.5. The molecular formula is C43H73NO4. The zero-order valence-corrected chi connectivity index (χ0v) is 31.4. The number of nitrogens with zero attached hydrogens (tertiary/aromatic N) is 1. The van der Waals surface area contributed by atoms with Crippen molar-refractivity contribution >= 4 is 11.9 Å². The minimum atomic E-state index is -0.140. The summed E-state index contributed by atoms with van der Waals surface area (Å²) in [5, 5.41) is 0. The number of cyclic esters (lactones) is 2. The lowest BCUT2D eigenvalue weighted by atomic mass is 9.79. The van der Waals surface area contributed by atoms with E-state index in [1.165, 1.54) is 96.7 Å². The molecule has 48 heavy (non-hydrogen) atoms. The molecule has 0 spiro atoms. The Morgan fingerprint density at radius 1 is 0.646 bits per heavy atom. The number of hydrogen-bond donors (Lipinski definition) is 0. The molecule has 2 fully saturated rings. The Morgan fingerprint density at radius 3 is 1.56 bits per heavy atom. The number of carbonyl (C=O) groups is 2. The van der Waals surface area contributed by atoms with Gasteiger partial charge in [0.2, 0.25) is 0 Å². The second kappa shape index (κ2) is 28.8. The Balaban J connectivity index is 2.08. The molecule has 2 unspecified atom stereocenters. The van der Waals surface area contributed by atoms with Gasteiger partial charge in [-0.15, -0.1) is 0 Å². The van der Waals surface area contributed by atoms with Gasteiger partial charge in [-0.2, -0.15) is 0 Å². The fourth-order valence-electron chi connectivity index (χ4n) is 7.70. The molecule has 0 N–H and O–H groups in total. The highest BCUT2D eigenvalue weighted by molar-refractivity contribution is 5.71. The molecule has 0 aromatic rings. The molecule has 2 aliphatic heterocycles. The number of esters is 2. The van der Waals surface area contributed by atoms with Crippen molar-refractivity contribution in [3.8, 4) is 0 Å². The van der Waals surface area contributed by atoms with Crippen LogP contribution in [0.15, 0.2) is 29.3 Å². The van der Waals surface area contributed by atoms with E-state index in [0.717, 1.165) is 88.5 Å². The highest BCUT2D eigenvalue weighted by Crippen LogP contribution is 2.33. The van der Waals surface area contributed by atoms with Crippen LogP contribution in [0.3, 0.4) is 0 Å². The van der Waals surface area contributed by atoms with Gasteiger partial charge in [-0.25, -0.2) is 0 Å². The predicted octanol–water partition coefficient (Wildman–Crippen LogP) is 11.5. The average molecular weight is 668 g/mol. The molecule has 0 aromatic heterocycles. The van der Waals surface area contributed by atoms with Crippen molar-refractivity contribution in [2.45, 2.75) is 181 Å². The molecule has 0 aromatic carbocycles. The summed E-state index contributed by atoms with van der Waals surface area (Å²) in [5.74, 6) is 0.502. The Morgan fingerprint density at radius 2 is 1.10 bits per heavy atom. The first kappa shape index (κ1) is 42.1. The van der Waals surface area contributed by atoms with Gasteiger partial charge in [0.25, 0.3) is 0 Å². The van der Waals surface area contributed by atoms with E-state index in [1.807, 2.05) is 0 Å². The van der Waals surface area contributed by atoms with Crippen molar-refractivity contribution in [3.63, 3.8) is 0 Å². The number of carbonyl (C=O) groups excluding carboxylic acids is 2. The Labute approximate surface area is 296 Å². The molecule has 2 atom stereocenters. The lowest BCUT2D eigenvalue weighted by Crippen LogP contribution is -2.26. The summed E-state index contributed by atoms with van der Waals surface area (Å²) >= 11 is 0. The summed E-state index contributed by atoms with van der Waals surface area (Å²) in [4.78, 5) is 29.1. The lowest BCUT2D eigenvalue weighted by Gasteiger charge is -2.25. The molecule has 2 saturated heterocycles. The monoisotopic (exact) mass is 668 g/mol. The highest BCUT2D eigenvalue weighted by Gasteiger charge is 2.28. The normalized spacial score (nSPS) is 24.5. The van der Waals surface area contributed by atoms with E-state index in [-0.39, 0.29) is 23.8 Å². The maximum atomic E-state index is 13.2. The minimum Gasteiger partial charge on any atom is -0.466 e. The highest BCUT2D eigenvalue weighted by atomic mass is 16.5. The van der Waals surface area contributed by atoms with Gasteiger partial charge in [-0.05, 0) is 100 Å². The number of hydrogen-bond acceptors (Lipinski definition) is 5. The van der Waals surface area contributed by atoms with Crippen molar-refractivity contribution in [2.75, 3.05) is 32.8 Å². The topological polar surface area (TPSA) is 55.8 Å². The molecule has 2 heterocycles. The van der Waals surface area contributed by atoms with E-state index in [1.54, 1.807) is 0 Å². The van der Waals surface area contributed by atoms with Crippen molar-refractivity contribution in [2.24, 2.45) is 17.8 Å². The summed E-state index contributed by atoms with van der Waals surface area (Å²) in [6.45, 7) is 13.0. The summed E-state index contributed by atoms with van der Waals surface area (Å²) in [7, 11) is 0. The standard InChI is InChI=1S/C43H73NO4/c1-4-7-18-28-39-35-42(45)47-33-24-16-12-10-14-20-26-38(37-44-31-22-23-32-44)27-21-15-11-13-17-25-34-48-43(46)36-40(29-19-8-5-2)41(39)30-9-6-3/h38-40H,3-5,7-8,10-29,31-37H2,1-2H3. The van der Waals surface area contributed by atoms with Gasteiger partial charge in [0.15, 0.2) is 0 Å². The van der Waals surface area contributed by atoms with Gasteiger partial charge in [0.05, 0.1) is 26.1 Å². The predicted molar refractivity (Wildman–Crippen MR) is 200 cm³/mol. The number of ether oxygens (including phenoxy) is 2. The van der Waals surface area contributed by atoms with E-state index in [4.69, 9.17) is 9.47 Å². The van der Waals surface area contributed by atoms with Crippen molar-refractivity contribution < 1.29 is 19.1 Å². The van der Waals surface area contributed by atoms with Crippen LogP contribution in [0.4, 0.5) is 0 Å². The van der Waals surface area contributed by atoms with Gasteiger partial charge >= 0.3 is 11.9 Å². The molecule has 0 amide bonds. The fraction of sp³-hybridized carbons (Fsp3) is 0.837. The maximum Gasteiger partial charge on any atom is 0.306 e. The van der Waals surface area contributed by atoms with E-state index in [9.17, 15) is 9.59 Å². The minimum absolute atomic E-state index is 0.0304. The van der Waals surface area contributed by atoms with Gasteiger partial charge in [0.1, 0.15) is 0 Å². The van der Waals surface area contributed by atoms with Crippen molar-refractivity contribution in [1.29, 1.82) is 0 Å². The number of rotatable bonds is 10. The largest absolute Gasteiger partial charge is 0.466 e. The molecule has 2 rings (SSSR count). The number of unbranched alkanes of at least 4 members (excludes halogenated alkanes) is 4. The van der Waals surface area contributed by atoms with Gasteiger partial charge in [-0.3, -0.25) is 9.59 Å². The van der Waals surface area contributed by atoms with Crippen LogP contribution in [0.25, 0.3) is 0 Å².